The summed E-state index contributed by atoms with van der Waals surface area (Å²) in [4.78, 5) is 23.5. The van der Waals surface area contributed by atoms with E-state index in [0.717, 1.165) is 45.7 Å². The minimum absolute atomic E-state index is 0.0308. The Morgan fingerprint density at radius 2 is 2.15 bits per heavy atom. The van der Waals surface area contributed by atoms with Crippen LogP contribution in [0.3, 0.4) is 0 Å². The number of anilines is 1. The molecule has 1 aromatic heterocycles. The van der Waals surface area contributed by atoms with Crippen LogP contribution in [0.25, 0.3) is 0 Å². The van der Waals surface area contributed by atoms with E-state index in [-0.39, 0.29) is 18.2 Å². The van der Waals surface area contributed by atoms with E-state index >= 15 is 0 Å². The highest BCUT2D eigenvalue weighted by molar-refractivity contribution is 5.75. The van der Waals surface area contributed by atoms with Crippen LogP contribution in [0, 0.1) is 6.92 Å². The molecule has 26 heavy (non-hydrogen) atoms. The van der Waals surface area contributed by atoms with Crippen molar-refractivity contribution in [1.82, 2.24) is 20.1 Å². The second kappa shape index (κ2) is 8.68. The molecule has 2 atom stereocenters. The Labute approximate surface area is 156 Å². The number of carbonyl (C=O) groups excluding carboxylic acids is 1. The van der Waals surface area contributed by atoms with Crippen molar-refractivity contribution in [2.75, 3.05) is 57.8 Å². The summed E-state index contributed by atoms with van der Waals surface area (Å²) in [5, 5.41) is 3.20. The average Bonchev–Trinajstić information content (AvgIpc) is 2.83. The number of likely N-dealkylation sites (tertiary alicyclic amines) is 1. The van der Waals surface area contributed by atoms with Gasteiger partial charge in [-0.1, -0.05) is 0 Å². The first-order chi connectivity index (χ1) is 12.6. The summed E-state index contributed by atoms with van der Waals surface area (Å²) in [5.41, 5.74) is 2.40. The molecular weight excluding hydrogens is 330 g/mol. The lowest BCUT2D eigenvalue weighted by Gasteiger charge is -2.27. The van der Waals surface area contributed by atoms with E-state index in [0.29, 0.717) is 6.61 Å². The zero-order chi connectivity index (χ0) is 18.5. The molecule has 1 aromatic rings. The molecule has 0 bridgehead atoms. The van der Waals surface area contributed by atoms with Crippen molar-refractivity contribution >= 4 is 11.7 Å². The second-order valence-electron chi connectivity index (χ2n) is 7.26. The van der Waals surface area contributed by atoms with Gasteiger partial charge in [0.05, 0.1) is 12.1 Å². The van der Waals surface area contributed by atoms with Crippen molar-refractivity contribution in [3.05, 3.63) is 24.0 Å². The molecule has 2 saturated heterocycles. The highest BCUT2D eigenvalue weighted by Crippen LogP contribution is 2.20. The summed E-state index contributed by atoms with van der Waals surface area (Å²) in [6, 6.07) is 2.16. The summed E-state index contributed by atoms with van der Waals surface area (Å²) in [7, 11) is 2.07. The number of likely N-dealkylation sites (N-methyl/N-ethyl adjacent to an activating group) is 1. The minimum atomic E-state index is 0.0308. The van der Waals surface area contributed by atoms with E-state index in [2.05, 4.69) is 40.1 Å². The number of amides is 2. The molecule has 7 nitrogen and oxygen atoms in total. The summed E-state index contributed by atoms with van der Waals surface area (Å²) >= 11 is 0. The molecule has 0 radical (unpaired) electrons. The van der Waals surface area contributed by atoms with Crippen LogP contribution < -0.4 is 10.2 Å². The number of hydrogen-bond acceptors (Lipinski definition) is 5. The third kappa shape index (κ3) is 4.45. The molecule has 144 valence electrons. The van der Waals surface area contributed by atoms with Crippen LogP contribution in [0.4, 0.5) is 10.5 Å². The topological polar surface area (TPSA) is 60.9 Å². The molecule has 0 aliphatic carbocycles. The van der Waals surface area contributed by atoms with Gasteiger partial charge in [-0.05, 0) is 38.9 Å². The van der Waals surface area contributed by atoms with E-state index in [1.165, 1.54) is 11.3 Å². The number of rotatable bonds is 4. The zero-order valence-electron chi connectivity index (χ0n) is 16.1. The lowest BCUT2D eigenvalue weighted by Crippen LogP contribution is -2.50. The van der Waals surface area contributed by atoms with Crippen molar-refractivity contribution in [3.8, 4) is 0 Å². The monoisotopic (exact) mass is 361 g/mol. The standard InChI is InChI=1S/C19H31N5O2/c1-4-26-18-14-22(3)13-16(18)21-19(25)24-9-5-8-23(10-11-24)17-6-7-20-12-15(17)2/h6-7,12,16,18H,4-5,8-11,13-14H2,1-3H3,(H,21,25)/t16-,18-/m0/s1. The Morgan fingerprint density at radius 3 is 2.92 bits per heavy atom. The van der Waals surface area contributed by atoms with E-state index in [1.807, 2.05) is 24.2 Å². The van der Waals surface area contributed by atoms with Crippen molar-refractivity contribution in [2.24, 2.45) is 0 Å². The fourth-order valence-corrected chi connectivity index (χ4v) is 3.92. The molecular formula is C19H31N5O2. The highest BCUT2D eigenvalue weighted by Gasteiger charge is 2.33. The molecule has 1 N–H and O–H groups in total. The summed E-state index contributed by atoms with van der Waals surface area (Å²) in [6.07, 6.45) is 4.78. The number of nitrogens with zero attached hydrogens (tertiary/aromatic N) is 4. The van der Waals surface area contributed by atoms with Crippen LogP contribution in [-0.4, -0.2) is 85.9 Å². The Bertz CT molecular complexity index is 611. The third-order valence-corrected chi connectivity index (χ3v) is 5.25. The van der Waals surface area contributed by atoms with Gasteiger partial charge in [-0.25, -0.2) is 4.79 Å². The molecule has 0 spiro atoms. The zero-order valence-corrected chi connectivity index (χ0v) is 16.1. The smallest absolute Gasteiger partial charge is 0.317 e. The number of nitrogens with one attached hydrogen (secondary N) is 1. The van der Waals surface area contributed by atoms with Crippen molar-refractivity contribution < 1.29 is 9.53 Å². The van der Waals surface area contributed by atoms with Crippen LogP contribution in [0.1, 0.15) is 18.9 Å². The maximum Gasteiger partial charge on any atom is 0.317 e. The number of urea groups is 1. The van der Waals surface area contributed by atoms with E-state index in [9.17, 15) is 4.79 Å². The first kappa shape index (κ1) is 18.9. The first-order valence-corrected chi connectivity index (χ1v) is 9.59. The second-order valence-corrected chi connectivity index (χ2v) is 7.26. The number of pyridine rings is 1. The lowest BCUT2D eigenvalue weighted by molar-refractivity contribution is 0.0550. The molecule has 3 heterocycles. The van der Waals surface area contributed by atoms with Gasteiger partial charge >= 0.3 is 6.03 Å². The quantitative estimate of drug-likeness (QED) is 0.877. The van der Waals surface area contributed by atoms with Crippen molar-refractivity contribution in [1.29, 1.82) is 0 Å². The molecule has 2 fully saturated rings. The van der Waals surface area contributed by atoms with Crippen LogP contribution in [0.5, 0.6) is 0 Å². The van der Waals surface area contributed by atoms with E-state index < -0.39 is 0 Å². The van der Waals surface area contributed by atoms with Gasteiger partial charge in [-0.3, -0.25) is 4.98 Å². The summed E-state index contributed by atoms with van der Waals surface area (Å²) in [5.74, 6) is 0. The van der Waals surface area contributed by atoms with Gasteiger partial charge in [0.2, 0.25) is 0 Å². The predicted molar refractivity (Wildman–Crippen MR) is 103 cm³/mol. The summed E-state index contributed by atoms with van der Waals surface area (Å²) < 4.78 is 5.80. The number of carbonyl (C=O) groups is 1. The molecule has 2 aliphatic heterocycles. The van der Waals surface area contributed by atoms with Gasteiger partial charge in [0, 0.05) is 64.0 Å². The number of hydrogen-bond donors (Lipinski definition) is 1. The van der Waals surface area contributed by atoms with E-state index in [4.69, 9.17) is 4.74 Å². The summed E-state index contributed by atoms with van der Waals surface area (Å²) in [6.45, 7) is 9.79. The normalized spacial score (nSPS) is 24.6. The first-order valence-electron chi connectivity index (χ1n) is 9.59. The molecule has 3 rings (SSSR count). The Morgan fingerprint density at radius 1 is 1.31 bits per heavy atom. The maximum atomic E-state index is 12.8. The minimum Gasteiger partial charge on any atom is -0.375 e. The Hall–Kier alpha value is -1.86. The van der Waals surface area contributed by atoms with Gasteiger partial charge in [0.25, 0.3) is 0 Å². The predicted octanol–water partition coefficient (Wildman–Crippen LogP) is 1.33. The third-order valence-electron chi connectivity index (χ3n) is 5.25. The molecule has 0 saturated carbocycles. The van der Waals surface area contributed by atoms with Crippen molar-refractivity contribution in [2.45, 2.75) is 32.4 Å². The van der Waals surface area contributed by atoms with Crippen LogP contribution in [0.15, 0.2) is 18.5 Å². The van der Waals surface area contributed by atoms with Gasteiger partial charge in [-0.2, -0.15) is 0 Å². The number of ether oxygens (including phenoxy) is 1. The highest BCUT2D eigenvalue weighted by atomic mass is 16.5. The average molecular weight is 361 g/mol. The van der Waals surface area contributed by atoms with Crippen LogP contribution in [-0.2, 0) is 4.74 Å². The molecule has 0 aromatic carbocycles. The molecule has 2 aliphatic rings. The fourth-order valence-electron chi connectivity index (χ4n) is 3.92. The number of aryl methyl sites for hydroxylation is 1. The van der Waals surface area contributed by atoms with Gasteiger partial charge in [0.1, 0.15) is 0 Å². The van der Waals surface area contributed by atoms with Crippen LogP contribution >= 0.6 is 0 Å². The lowest BCUT2D eigenvalue weighted by atomic mass is 10.2. The van der Waals surface area contributed by atoms with Crippen molar-refractivity contribution in [3.63, 3.8) is 0 Å². The largest absolute Gasteiger partial charge is 0.375 e. The number of aromatic nitrogens is 1. The Balaban J connectivity index is 1.57. The maximum absolute atomic E-state index is 12.8. The van der Waals surface area contributed by atoms with Gasteiger partial charge < -0.3 is 24.8 Å². The molecule has 7 heteroatoms. The van der Waals surface area contributed by atoms with Crippen LogP contribution in [0.2, 0.25) is 0 Å². The molecule has 2 amide bonds. The van der Waals surface area contributed by atoms with E-state index in [1.54, 1.807) is 0 Å². The SMILES string of the molecule is CCO[C@H]1CN(C)C[C@@H]1NC(=O)N1CCCN(c2ccncc2C)CC1. The Kier molecular flexibility index (Phi) is 6.32. The molecule has 0 unspecified atom stereocenters. The van der Waals surface area contributed by atoms with Gasteiger partial charge in [-0.15, -0.1) is 0 Å². The fraction of sp³-hybridized carbons (Fsp3) is 0.684. The van der Waals surface area contributed by atoms with Gasteiger partial charge in [0.15, 0.2) is 0 Å².